The molecule has 3 aliphatic rings. The maximum atomic E-state index is 11.7. The Kier molecular flexibility index (Phi) is 2.46. The van der Waals surface area contributed by atoms with Crippen molar-refractivity contribution in [2.75, 3.05) is 13.1 Å². The number of hydrogen-bond acceptors (Lipinski definition) is 3. The number of piperidine rings is 1. The first kappa shape index (κ1) is 10.3. The summed E-state index contributed by atoms with van der Waals surface area (Å²) in [5, 5.41) is 2.45. The van der Waals surface area contributed by atoms with Gasteiger partial charge in [0.25, 0.3) is 0 Å². The zero-order valence-electron chi connectivity index (χ0n) is 9.45. The van der Waals surface area contributed by atoms with Gasteiger partial charge in [-0.2, -0.15) is 0 Å². The lowest BCUT2D eigenvalue weighted by Gasteiger charge is -2.46. The van der Waals surface area contributed by atoms with E-state index in [-0.39, 0.29) is 17.9 Å². The van der Waals surface area contributed by atoms with Crippen LogP contribution < -0.4 is 5.32 Å². The molecular weight excluding hydrogens is 204 g/mol. The van der Waals surface area contributed by atoms with Gasteiger partial charge in [-0.05, 0) is 24.7 Å². The zero-order chi connectivity index (χ0) is 11.1. The van der Waals surface area contributed by atoms with Gasteiger partial charge in [0.1, 0.15) is 0 Å². The number of carbonyl (C=O) groups is 2. The lowest BCUT2D eigenvalue weighted by atomic mass is 9.72. The average Bonchev–Trinajstić information content (AvgIpc) is 2.27. The second-order valence-electron chi connectivity index (χ2n) is 5.40. The largest absolute Gasteiger partial charge is 0.294 e. The van der Waals surface area contributed by atoms with E-state index in [0.29, 0.717) is 12.5 Å². The summed E-state index contributed by atoms with van der Waals surface area (Å²) >= 11 is 0. The number of hydrogen-bond donors (Lipinski definition) is 1. The molecule has 0 unspecified atom stereocenters. The van der Waals surface area contributed by atoms with Crippen LogP contribution in [-0.4, -0.2) is 35.8 Å². The third kappa shape index (κ3) is 1.65. The minimum Gasteiger partial charge on any atom is -0.294 e. The minimum atomic E-state index is -0.129. The highest BCUT2D eigenvalue weighted by Gasteiger charge is 2.42. The highest BCUT2D eigenvalue weighted by Crippen LogP contribution is 2.38. The van der Waals surface area contributed by atoms with Gasteiger partial charge in [-0.1, -0.05) is 19.3 Å². The Morgan fingerprint density at radius 2 is 1.88 bits per heavy atom. The lowest BCUT2D eigenvalue weighted by molar-refractivity contribution is -0.144. The molecule has 1 saturated carbocycles. The van der Waals surface area contributed by atoms with E-state index in [2.05, 4.69) is 10.2 Å². The van der Waals surface area contributed by atoms with Gasteiger partial charge in [0.15, 0.2) is 0 Å². The maximum absolute atomic E-state index is 11.7. The predicted molar refractivity (Wildman–Crippen MR) is 58.6 cm³/mol. The molecule has 2 aliphatic heterocycles. The molecule has 1 N–H and O–H groups in total. The van der Waals surface area contributed by atoms with Crippen LogP contribution in [0.1, 0.15) is 32.1 Å². The molecule has 0 aromatic carbocycles. The molecule has 1 aliphatic carbocycles. The minimum absolute atomic E-state index is 0.0305. The van der Waals surface area contributed by atoms with Crippen molar-refractivity contribution in [3.05, 3.63) is 0 Å². The van der Waals surface area contributed by atoms with Crippen LogP contribution in [-0.2, 0) is 9.59 Å². The van der Waals surface area contributed by atoms with Crippen molar-refractivity contribution in [1.82, 2.24) is 10.2 Å². The quantitative estimate of drug-likeness (QED) is 0.608. The monoisotopic (exact) mass is 222 g/mol. The van der Waals surface area contributed by atoms with Crippen LogP contribution in [0.15, 0.2) is 0 Å². The van der Waals surface area contributed by atoms with Gasteiger partial charge < -0.3 is 0 Å². The SMILES string of the molecule is O=C1CN2C[C@H]3CCCC[C@H]3C[C@H]2C(=O)N1. The fraction of sp³-hybridized carbons (Fsp3) is 0.833. The van der Waals surface area contributed by atoms with E-state index in [1.54, 1.807) is 0 Å². The number of amides is 2. The van der Waals surface area contributed by atoms with Crippen LogP contribution in [0.5, 0.6) is 0 Å². The number of nitrogens with one attached hydrogen (secondary N) is 1. The molecule has 0 radical (unpaired) electrons. The third-order valence-corrected chi connectivity index (χ3v) is 4.41. The van der Waals surface area contributed by atoms with E-state index in [0.717, 1.165) is 18.9 Å². The van der Waals surface area contributed by atoms with E-state index in [1.807, 2.05) is 0 Å². The average molecular weight is 222 g/mol. The lowest BCUT2D eigenvalue weighted by Crippen LogP contribution is -2.62. The molecule has 3 fully saturated rings. The van der Waals surface area contributed by atoms with Crippen LogP contribution >= 0.6 is 0 Å². The second-order valence-corrected chi connectivity index (χ2v) is 5.40. The Morgan fingerprint density at radius 3 is 2.69 bits per heavy atom. The zero-order valence-corrected chi connectivity index (χ0v) is 9.45. The molecule has 4 nitrogen and oxygen atoms in total. The van der Waals surface area contributed by atoms with Crippen LogP contribution in [0.2, 0.25) is 0 Å². The Bertz CT molecular complexity index is 329. The van der Waals surface area contributed by atoms with Crippen molar-refractivity contribution < 1.29 is 9.59 Å². The maximum Gasteiger partial charge on any atom is 0.243 e. The number of nitrogens with zero attached hydrogens (tertiary/aromatic N) is 1. The number of rotatable bonds is 0. The molecule has 0 spiro atoms. The number of imide groups is 1. The van der Waals surface area contributed by atoms with Gasteiger partial charge >= 0.3 is 0 Å². The summed E-state index contributed by atoms with van der Waals surface area (Å²) in [6.07, 6.45) is 6.15. The molecular formula is C12H18N2O2. The van der Waals surface area contributed by atoms with Crippen molar-refractivity contribution in [1.29, 1.82) is 0 Å². The van der Waals surface area contributed by atoms with E-state index >= 15 is 0 Å². The van der Waals surface area contributed by atoms with Crippen molar-refractivity contribution in [2.45, 2.75) is 38.1 Å². The van der Waals surface area contributed by atoms with E-state index < -0.39 is 0 Å². The molecule has 2 saturated heterocycles. The molecule has 2 heterocycles. The van der Waals surface area contributed by atoms with Crippen molar-refractivity contribution in [3.63, 3.8) is 0 Å². The Balaban J connectivity index is 1.77. The fourth-order valence-corrected chi connectivity index (χ4v) is 3.59. The molecule has 16 heavy (non-hydrogen) atoms. The molecule has 0 aromatic heterocycles. The first-order valence-corrected chi connectivity index (χ1v) is 6.32. The van der Waals surface area contributed by atoms with Crippen LogP contribution in [0.4, 0.5) is 0 Å². The summed E-state index contributed by atoms with van der Waals surface area (Å²) in [5.41, 5.74) is 0. The summed E-state index contributed by atoms with van der Waals surface area (Å²) in [7, 11) is 0. The fourth-order valence-electron chi connectivity index (χ4n) is 3.59. The molecule has 2 amide bonds. The van der Waals surface area contributed by atoms with Crippen molar-refractivity contribution >= 4 is 11.8 Å². The molecule has 0 bridgehead atoms. The summed E-state index contributed by atoms with van der Waals surface area (Å²) in [6, 6.07) is -0.0305. The number of piperazine rings is 1. The first-order valence-electron chi connectivity index (χ1n) is 6.32. The summed E-state index contributed by atoms with van der Waals surface area (Å²) in [5.74, 6) is 1.24. The molecule has 3 rings (SSSR count). The number of fused-ring (bicyclic) bond motifs is 2. The van der Waals surface area contributed by atoms with Gasteiger partial charge in [-0.15, -0.1) is 0 Å². The summed E-state index contributed by atoms with van der Waals surface area (Å²) < 4.78 is 0. The predicted octanol–water partition coefficient (Wildman–Crippen LogP) is 0.524. The van der Waals surface area contributed by atoms with E-state index in [4.69, 9.17) is 0 Å². The molecule has 0 aromatic rings. The topological polar surface area (TPSA) is 49.4 Å². The van der Waals surface area contributed by atoms with Crippen LogP contribution in [0.25, 0.3) is 0 Å². The number of carbonyl (C=O) groups excluding carboxylic acids is 2. The van der Waals surface area contributed by atoms with Gasteiger partial charge in [-0.25, -0.2) is 0 Å². The molecule has 4 heteroatoms. The summed E-state index contributed by atoms with van der Waals surface area (Å²) in [4.78, 5) is 25.1. The second kappa shape index (κ2) is 3.84. The standard InChI is InChI=1S/C12H18N2O2/c15-11-7-14-6-9-4-2-1-3-8(9)5-10(14)12(16)13-11/h8-10H,1-7H2,(H,13,15,16)/t8-,9+,10-/m0/s1. The van der Waals surface area contributed by atoms with Gasteiger partial charge in [0.2, 0.25) is 11.8 Å². The Morgan fingerprint density at radius 1 is 1.12 bits per heavy atom. The van der Waals surface area contributed by atoms with Crippen LogP contribution in [0, 0.1) is 11.8 Å². The van der Waals surface area contributed by atoms with Gasteiger partial charge in [0, 0.05) is 6.54 Å². The smallest absolute Gasteiger partial charge is 0.243 e. The van der Waals surface area contributed by atoms with Crippen molar-refractivity contribution in [3.8, 4) is 0 Å². The van der Waals surface area contributed by atoms with E-state index in [1.165, 1.54) is 25.7 Å². The normalized spacial score (nSPS) is 39.9. The van der Waals surface area contributed by atoms with Crippen molar-refractivity contribution in [2.24, 2.45) is 11.8 Å². The van der Waals surface area contributed by atoms with Gasteiger partial charge in [-0.3, -0.25) is 19.8 Å². The van der Waals surface area contributed by atoms with Gasteiger partial charge in [0.05, 0.1) is 12.6 Å². The summed E-state index contributed by atoms with van der Waals surface area (Å²) in [6.45, 7) is 1.37. The highest BCUT2D eigenvalue weighted by molar-refractivity contribution is 6.01. The first-order chi connectivity index (χ1) is 7.74. The Labute approximate surface area is 95.4 Å². The third-order valence-electron chi connectivity index (χ3n) is 4.41. The Hall–Kier alpha value is -0.900. The highest BCUT2D eigenvalue weighted by atomic mass is 16.2. The molecule has 88 valence electrons. The van der Waals surface area contributed by atoms with E-state index in [9.17, 15) is 9.59 Å². The van der Waals surface area contributed by atoms with Crippen LogP contribution in [0.3, 0.4) is 0 Å². The molecule has 3 atom stereocenters.